The number of rotatable bonds is 8. The first-order valence-corrected chi connectivity index (χ1v) is 11.5. The lowest BCUT2D eigenvalue weighted by Gasteiger charge is -2.11. The second kappa shape index (κ2) is 9.65. The molecule has 0 aliphatic rings. The summed E-state index contributed by atoms with van der Waals surface area (Å²) in [6.07, 6.45) is 1.01. The molecule has 0 spiro atoms. The van der Waals surface area contributed by atoms with Gasteiger partial charge in [-0.1, -0.05) is 30.3 Å². The molecule has 8 nitrogen and oxygen atoms in total. The van der Waals surface area contributed by atoms with E-state index in [1.807, 2.05) is 60.7 Å². The fraction of sp³-hybridized carbons (Fsp3) is 0.214. The Morgan fingerprint density at radius 2 is 1.33 bits per heavy atom. The van der Waals surface area contributed by atoms with Crippen LogP contribution in [0.3, 0.4) is 0 Å². The van der Waals surface area contributed by atoms with Gasteiger partial charge in [-0.15, -0.1) is 0 Å². The number of benzene rings is 3. The Bertz CT molecular complexity index is 1560. The van der Waals surface area contributed by atoms with Crippen LogP contribution in [0.1, 0.15) is 22.6 Å². The molecule has 3 aromatic carbocycles. The molecule has 0 saturated carbocycles. The van der Waals surface area contributed by atoms with Crippen LogP contribution in [0.4, 0.5) is 0 Å². The number of fused-ring (bicyclic) bond motifs is 3. The van der Waals surface area contributed by atoms with Gasteiger partial charge in [0.1, 0.15) is 39.9 Å². The van der Waals surface area contributed by atoms with Crippen molar-refractivity contribution in [2.24, 2.45) is 0 Å². The maximum Gasteiger partial charge on any atom is 0.133 e. The summed E-state index contributed by atoms with van der Waals surface area (Å²) in [6, 6.07) is 19.5. The maximum absolute atomic E-state index is 6.68. The van der Waals surface area contributed by atoms with Crippen molar-refractivity contribution in [1.82, 2.24) is 14.6 Å². The molecule has 0 aliphatic heterocycles. The van der Waals surface area contributed by atoms with Crippen LogP contribution < -0.4 is 24.8 Å². The number of hydrogen-bond acceptors (Lipinski definition) is 7. The molecule has 0 atom stereocenters. The van der Waals surface area contributed by atoms with Crippen LogP contribution in [-0.4, -0.2) is 43.1 Å². The first-order chi connectivity index (χ1) is 17.6. The van der Waals surface area contributed by atoms with Gasteiger partial charge in [0.05, 0.1) is 39.6 Å². The molecule has 8 heteroatoms. The number of para-hydroxylation sites is 1. The molecule has 2 N–H and O–H groups in total. The highest BCUT2D eigenvalue weighted by Gasteiger charge is 2.20. The summed E-state index contributed by atoms with van der Waals surface area (Å²) in [5.41, 5.74) is 5.21. The topological polar surface area (TPSA) is 93.7 Å². The first kappa shape index (κ1) is 23.3. The van der Waals surface area contributed by atoms with Crippen LogP contribution >= 0.6 is 0 Å². The quantitative estimate of drug-likeness (QED) is 0.324. The number of methoxy groups -OCH3 is 4. The zero-order chi connectivity index (χ0) is 25.2. The third-order valence-corrected chi connectivity index (χ3v) is 6.37. The molecule has 5 aromatic rings. The normalized spacial score (nSPS) is 11.1. The van der Waals surface area contributed by atoms with E-state index in [1.54, 1.807) is 33.1 Å². The van der Waals surface area contributed by atoms with Crippen molar-refractivity contribution in [2.45, 2.75) is 12.8 Å². The standard InChI is InChI=1S/C28H28N4O4/c1-33-19-11-9-17(24(15-19)35-3)13-23-27-28(21-7-5-6-8-22(21)30-23)32(29)26(31-27)14-18-10-12-20(34-2)16-25(18)36-4/h5-12,15-16H,13-14,29H2,1-4H3. The van der Waals surface area contributed by atoms with E-state index >= 15 is 0 Å². The van der Waals surface area contributed by atoms with Gasteiger partial charge in [-0.05, 0) is 18.2 Å². The minimum atomic E-state index is 0.484. The third kappa shape index (κ3) is 4.11. The van der Waals surface area contributed by atoms with E-state index in [9.17, 15) is 0 Å². The number of nitrogens with zero attached hydrogens (tertiary/aromatic N) is 3. The van der Waals surface area contributed by atoms with Gasteiger partial charge in [0.25, 0.3) is 0 Å². The molecule has 0 saturated heterocycles. The molecule has 2 heterocycles. The second-order valence-electron chi connectivity index (χ2n) is 8.38. The van der Waals surface area contributed by atoms with Crippen LogP contribution in [0.2, 0.25) is 0 Å². The van der Waals surface area contributed by atoms with Crippen molar-refractivity contribution in [1.29, 1.82) is 0 Å². The highest BCUT2D eigenvalue weighted by molar-refractivity contribution is 6.03. The molecule has 0 unspecified atom stereocenters. The Labute approximate surface area is 209 Å². The summed E-state index contributed by atoms with van der Waals surface area (Å²) in [4.78, 5) is 9.96. The predicted molar refractivity (Wildman–Crippen MR) is 140 cm³/mol. The molecular formula is C28H28N4O4. The Hall–Kier alpha value is -4.46. The van der Waals surface area contributed by atoms with Gasteiger partial charge in [-0.2, -0.15) is 0 Å². The highest BCUT2D eigenvalue weighted by Crippen LogP contribution is 2.33. The average Bonchev–Trinajstić information content (AvgIpc) is 3.25. The Morgan fingerprint density at radius 3 is 1.94 bits per heavy atom. The molecule has 5 rings (SSSR count). The van der Waals surface area contributed by atoms with Gasteiger partial charge in [-0.3, -0.25) is 4.98 Å². The Morgan fingerprint density at radius 1 is 0.722 bits per heavy atom. The summed E-state index contributed by atoms with van der Waals surface area (Å²) < 4.78 is 23.6. The molecular weight excluding hydrogens is 456 g/mol. The number of pyridine rings is 1. The predicted octanol–water partition coefficient (Wildman–Crippen LogP) is 4.51. The lowest BCUT2D eigenvalue weighted by molar-refractivity contribution is 0.391. The third-order valence-electron chi connectivity index (χ3n) is 6.37. The van der Waals surface area contributed by atoms with E-state index in [-0.39, 0.29) is 0 Å². The highest BCUT2D eigenvalue weighted by atomic mass is 16.5. The van der Waals surface area contributed by atoms with Gasteiger partial charge in [-0.25, -0.2) is 9.66 Å². The SMILES string of the molecule is COc1ccc(Cc2nc3ccccc3c3c2nc(Cc2ccc(OC)cc2OC)n3N)c(OC)c1. The van der Waals surface area contributed by atoms with E-state index in [0.717, 1.165) is 56.0 Å². The van der Waals surface area contributed by atoms with E-state index in [0.29, 0.717) is 24.4 Å². The van der Waals surface area contributed by atoms with Crippen molar-refractivity contribution >= 4 is 21.9 Å². The molecule has 184 valence electrons. The largest absolute Gasteiger partial charge is 0.497 e. The van der Waals surface area contributed by atoms with E-state index in [4.69, 9.17) is 34.8 Å². The molecule has 2 aromatic heterocycles. The number of nitrogen functional groups attached to an aromatic ring is 1. The molecule has 0 radical (unpaired) electrons. The van der Waals surface area contributed by atoms with E-state index in [1.165, 1.54) is 0 Å². The maximum atomic E-state index is 6.68. The molecule has 0 fully saturated rings. The molecule has 0 amide bonds. The fourth-order valence-corrected chi connectivity index (χ4v) is 4.50. The minimum Gasteiger partial charge on any atom is -0.497 e. The smallest absolute Gasteiger partial charge is 0.133 e. The number of ether oxygens (including phenoxy) is 4. The van der Waals surface area contributed by atoms with E-state index < -0.39 is 0 Å². The number of nitrogens with two attached hydrogens (primary N) is 1. The Kier molecular flexibility index (Phi) is 6.25. The zero-order valence-electron chi connectivity index (χ0n) is 20.7. The zero-order valence-corrected chi connectivity index (χ0v) is 20.7. The Balaban J connectivity index is 1.65. The summed E-state index contributed by atoms with van der Waals surface area (Å²) in [5, 5.41) is 0.945. The summed E-state index contributed by atoms with van der Waals surface area (Å²) in [7, 11) is 6.55. The molecule has 0 aliphatic carbocycles. The lowest BCUT2D eigenvalue weighted by Crippen LogP contribution is -2.13. The summed E-state index contributed by atoms with van der Waals surface area (Å²) in [5.74, 6) is 10.3. The van der Waals surface area contributed by atoms with Gasteiger partial charge < -0.3 is 24.8 Å². The monoisotopic (exact) mass is 484 g/mol. The van der Waals surface area contributed by atoms with Crippen molar-refractivity contribution in [3.8, 4) is 23.0 Å². The van der Waals surface area contributed by atoms with Crippen molar-refractivity contribution in [3.05, 3.63) is 83.3 Å². The number of aromatic nitrogens is 3. The second-order valence-corrected chi connectivity index (χ2v) is 8.38. The summed E-state index contributed by atoms with van der Waals surface area (Å²) >= 11 is 0. The van der Waals surface area contributed by atoms with Crippen molar-refractivity contribution < 1.29 is 18.9 Å². The fourth-order valence-electron chi connectivity index (χ4n) is 4.50. The van der Waals surface area contributed by atoms with Crippen molar-refractivity contribution in [2.75, 3.05) is 34.3 Å². The minimum absolute atomic E-state index is 0.484. The average molecular weight is 485 g/mol. The van der Waals surface area contributed by atoms with Gasteiger partial charge in [0, 0.05) is 41.5 Å². The van der Waals surface area contributed by atoms with Gasteiger partial charge in [0.15, 0.2) is 0 Å². The van der Waals surface area contributed by atoms with Crippen LogP contribution in [-0.2, 0) is 12.8 Å². The van der Waals surface area contributed by atoms with Crippen LogP contribution in [0, 0.1) is 0 Å². The number of imidazole rings is 1. The first-order valence-electron chi connectivity index (χ1n) is 11.5. The summed E-state index contributed by atoms with van der Waals surface area (Å²) in [6.45, 7) is 0. The van der Waals surface area contributed by atoms with Crippen LogP contribution in [0.15, 0.2) is 60.7 Å². The van der Waals surface area contributed by atoms with Crippen LogP contribution in [0.5, 0.6) is 23.0 Å². The van der Waals surface area contributed by atoms with Gasteiger partial charge in [0.2, 0.25) is 0 Å². The van der Waals surface area contributed by atoms with Crippen molar-refractivity contribution in [3.63, 3.8) is 0 Å². The van der Waals surface area contributed by atoms with E-state index in [2.05, 4.69) is 0 Å². The molecule has 0 bridgehead atoms. The molecule has 36 heavy (non-hydrogen) atoms. The number of hydrogen-bond donors (Lipinski definition) is 1. The van der Waals surface area contributed by atoms with Gasteiger partial charge >= 0.3 is 0 Å². The lowest BCUT2D eigenvalue weighted by atomic mass is 10.0. The van der Waals surface area contributed by atoms with Crippen LogP contribution in [0.25, 0.3) is 21.9 Å².